The molecule has 1 heterocycles. The van der Waals surface area contributed by atoms with Gasteiger partial charge in [-0.1, -0.05) is 61.5 Å². The number of amides is 1. The number of nitrogens with one attached hydrogen (secondary N) is 1. The predicted octanol–water partition coefficient (Wildman–Crippen LogP) is 6.22. The van der Waals surface area contributed by atoms with Crippen molar-refractivity contribution in [1.29, 1.82) is 0 Å². The van der Waals surface area contributed by atoms with E-state index in [1.807, 2.05) is 50.2 Å². The first-order valence-corrected chi connectivity index (χ1v) is 12.1. The minimum absolute atomic E-state index is 0.0725. The standard InChI is InChI=1S/C24H29ClN4O2S/c1-5-18(6-2)29-22(14-31-21-10-8-7-9-19(21)25)27-28-24(29)32-15-23(30)26-20-13-16(3)11-12-17(20)4/h7-13,18H,5-6,14-15H2,1-4H3,(H,26,30). The third kappa shape index (κ3) is 6.04. The van der Waals surface area contributed by atoms with Gasteiger partial charge in [0, 0.05) is 11.7 Å². The average Bonchev–Trinajstić information content (AvgIpc) is 3.18. The maximum atomic E-state index is 12.6. The highest BCUT2D eigenvalue weighted by Crippen LogP contribution is 2.28. The summed E-state index contributed by atoms with van der Waals surface area (Å²) >= 11 is 7.59. The van der Waals surface area contributed by atoms with Crippen molar-refractivity contribution in [3.8, 4) is 5.75 Å². The second-order valence-corrected chi connectivity index (χ2v) is 8.96. The Hall–Kier alpha value is -2.51. The summed E-state index contributed by atoms with van der Waals surface area (Å²) in [6.07, 6.45) is 1.85. The van der Waals surface area contributed by atoms with Crippen LogP contribution in [0.15, 0.2) is 47.6 Å². The van der Waals surface area contributed by atoms with E-state index in [4.69, 9.17) is 16.3 Å². The molecule has 170 valence electrons. The SMILES string of the molecule is CCC(CC)n1c(COc2ccccc2Cl)nnc1SCC(=O)Nc1cc(C)ccc1C. The zero-order valence-corrected chi connectivity index (χ0v) is 20.5. The summed E-state index contributed by atoms with van der Waals surface area (Å²) in [4.78, 5) is 12.6. The summed E-state index contributed by atoms with van der Waals surface area (Å²) in [5.41, 5.74) is 2.98. The molecule has 8 heteroatoms. The number of ether oxygens (including phenoxy) is 1. The van der Waals surface area contributed by atoms with Gasteiger partial charge in [-0.2, -0.15) is 0 Å². The monoisotopic (exact) mass is 472 g/mol. The zero-order valence-electron chi connectivity index (χ0n) is 18.9. The Labute approximate surface area is 198 Å². The highest BCUT2D eigenvalue weighted by Gasteiger charge is 2.20. The van der Waals surface area contributed by atoms with Crippen LogP contribution in [0.5, 0.6) is 5.75 Å². The predicted molar refractivity (Wildman–Crippen MR) is 131 cm³/mol. The quantitative estimate of drug-likeness (QED) is 0.355. The fourth-order valence-electron chi connectivity index (χ4n) is 3.42. The summed E-state index contributed by atoms with van der Waals surface area (Å²) in [6, 6.07) is 13.6. The van der Waals surface area contributed by atoms with E-state index in [1.165, 1.54) is 11.8 Å². The fraction of sp³-hybridized carbons (Fsp3) is 0.375. The molecule has 3 rings (SSSR count). The van der Waals surface area contributed by atoms with Crippen molar-refractivity contribution in [3.63, 3.8) is 0 Å². The van der Waals surface area contributed by atoms with Crippen molar-refractivity contribution in [3.05, 3.63) is 64.4 Å². The minimum Gasteiger partial charge on any atom is -0.484 e. The Morgan fingerprint density at radius 2 is 1.91 bits per heavy atom. The number of carbonyl (C=O) groups is 1. The fourth-order valence-corrected chi connectivity index (χ4v) is 4.43. The number of carbonyl (C=O) groups excluding carboxylic acids is 1. The minimum atomic E-state index is -0.0725. The van der Waals surface area contributed by atoms with E-state index in [0.29, 0.717) is 15.9 Å². The molecular weight excluding hydrogens is 444 g/mol. The van der Waals surface area contributed by atoms with Crippen molar-refractivity contribution in [2.45, 2.75) is 58.3 Å². The van der Waals surface area contributed by atoms with E-state index in [2.05, 4.69) is 33.9 Å². The summed E-state index contributed by atoms with van der Waals surface area (Å²) in [5, 5.41) is 13.0. The van der Waals surface area contributed by atoms with Gasteiger partial charge in [-0.3, -0.25) is 4.79 Å². The van der Waals surface area contributed by atoms with Crippen molar-refractivity contribution < 1.29 is 9.53 Å². The van der Waals surface area contributed by atoms with Crippen LogP contribution in [-0.2, 0) is 11.4 Å². The zero-order chi connectivity index (χ0) is 23.1. The van der Waals surface area contributed by atoms with Gasteiger partial charge in [-0.15, -0.1) is 10.2 Å². The molecule has 1 aromatic heterocycles. The molecule has 0 fully saturated rings. The van der Waals surface area contributed by atoms with Crippen molar-refractivity contribution >= 4 is 35.0 Å². The van der Waals surface area contributed by atoms with Gasteiger partial charge >= 0.3 is 0 Å². The van der Waals surface area contributed by atoms with Gasteiger partial charge in [0.25, 0.3) is 0 Å². The molecule has 0 unspecified atom stereocenters. The van der Waals surface area contributed by atoms with E-state index in [9.17, 15) is 4.79 Å². The molecule has 32 heavy (non-hydrogen) atoms. The number of hydrogen-bond donors (Lipinski definition) is 1. The van der Waals surface area contributed by atoms with Gasteiger partial charge in [0.15, 0.2) is 11.0 Å². The highest BCUT2D eigenvalue weighted by molar-refractivity contribution is 7.99. The van der Waals surface area contributed by atoms with Crippen LogP contribution in [0.4, 0.5) is 5.69 Å². The van der Waals surface area contributed by atoms with E-state index < -0.39 is 0 Å². The number of benzene rings is 2. The first-order valence-electron chi connectivity index (χ1n) is 10.7. The lowest BCUT2D eigenvalue weighted by Crippen LogP contribution is -2.17. The molecule has 0 saturated carbocycles. The number of hydrogen-bond acceptors (Lipinski definition) is 5. The number of anilines is 1. The molecule has 0 atom stereocenters. The molecule has 0 aliphatic carbocycles. The van der Waals surface area contributed by atoms with Gasteiger partial charge in [-0.25, -0.2) is 0 Å². The van der Waals surface area contributed by atoms with Crippen LogP contribution >= 0.6 is 23.4 Å². The summed E-state index contributed by atoms with van der Waals surface area (Å²) in [7, 11) is 0. The third-order valence-electron chi connectivity index (χ3n) is 5.24. The Balaban J connectivity index is 1.72. The van der Waals surface area contributed by atoms with E-state index in [1.54, 1.807) is 6.07 Å². The Bertz CT molecular complexity index is 1070. The lowest BCUT2D eigenvalue weighted by atomic mass is 10.1. The van der Waals surface area contributed by atoms with Gasteiger partial charge in [0.1, 0.15) is 12.4 Å². The third-order valence-corrected chi connectivity index (χ3v) is 6.49. The normalized spacial score (nSPS) is 11.1. The summed E-state index contributed by atoms with van der Waals surface area (Å²) in [6.45, 7) is 8.51. The summed E-state index contributed by atoms with van der Waals surface area (Å²) < 4.78 is 7.99. The van der Waals surface area contributed by atoms with E-state index in [-0.39, 0.29) is 24.3 Å². The molecule has 6 nitrogen and oxygen atoms in total. The largest absolute Gasteiger partial charge is 0.484 e. The number of halogens is 1. The maximum absolute atomic E-state index is 12.6. The van der Waals surface area contributed by atoms with Gasteiger partial charge in [-0.05, 0) is 56.0 Å². The number of aromatic nitrogens is 3. The van der Waals surface area contributed by atoms with Crippen LogP contribution in [0.1, 0.15) is 49.7 Å². The molecule has 3 aromatic rings. The molecule has 1 N–H and O–H groups in total. The molecule has 1 amide bonds. The lowest BCUT2D eigenvalue weighted by molar-refractivity contribution is -0.113. The van der Waals surface area contributed by atoms with Gasteiger partial charge < -0.3 is 14.6 Å². The maximum Gasteiger partial charge on any atom is 0.234 e. The van der Waals surface area contributed by atoms with Crippen molar-refractivity contribution in [1.82, 2.24) is 14.8 Å². The average molecular weight is 473 g/mol. The van der Waals surface area contributed by atoms with Crippen LogP contribution in [0.3, 0.4) is 0 Å². The Morgan fingerprint density at radius 1 is 1.16 bits per heavy atom. The second kappa shape index (κ2) is 11.4. The molecule has 0 radical (unpaired) electrons. The van der Waals surface area contributed by atoms with Crippen LogP contribution in [0.25, 0.3) is 0 Å². The summed E-state index contributed by atoms with van der Waals surface area (Å²) in [5.74, 6) is 1.50. The first kappa shape index (κ1) is 24.1. The van der Waals surface area contributed by atoms with Crippen LogP contribution < -0.4 is 10.1 Å². The van der Waals surface area contributed by atoms with Crippen LogP contribution in [0, 0.1) is 13.8 Å². The number of thioether (sulfide) groups is 1. The molecule has 0 bridgehead atoms. The first-order chi connectivity index (χ1) is 15.4. The van der Waals surface area contributed by atoms with Crippen molar-refractivity contribution in [2.24, 2.45) is 0 Å². The highest BCUT2D eigenvalue weighted by atomic mass is 35.5. The molecule has 0 spiro atoms. The van der Waals surface area contributed by atoms with E-state index in [0.717, 1.165) is 35.5 Å². The number of aryl methyl sites for hydroxylation is 2. The molecule has 2 aromatic carbocycles. The van der Waals surface area contributed by atoms with Gasteiger partial charge in [0.2, 0.25) is 5.91 Å². The Kier molecular flexibility index (Phi) is 8.59. The Morgan fingerprint density at radius 3 is 2.62 bits per heavy atom. The number of para-hydroxylation sites is 1. The molecule has 0 saturated heterocycles. The molecule has 0 aliphatic heterocycles. The van der Waals surface area contributed by atoms with Crippen LogP contribution in [-0.4, -0.2) is 26.4 Å². The smallest absolute Gasteiger partial charge is 0.234 e. The number of rotatable bonds is 10. The second-order valence-electron chi connectivity index (χ2n) is 7.61. The topological polar surface area (TPSA) is 69.0 Å². The molecule has 0 aliphatic rings. The van der Waals surface area contributed by atoms with Gasteiger partial charge in [0.05, 0.1) is 10.8 Å². The van der Waals surface area contributed by atoms with Crippen molar-refractivity contribution in [2.75, 3.05) is 11.1 Å². The molecular formula is C24H29ClN4O2S. The van der Waals surface area contributed by atoms with Crippen LogP contribution in [0.2, 0.25) is 5.02 Å². The lowest BCUT2D eigenvalue weighted by Gasteiger charge is -2.19. The van der Waals surface area contributed by atoms with E-state index >= 15 is 0 Å². The number of nitrogens with zero attached hydrogens (tertiary/aromatic N) is 3.